The van der Waals surface area contributed by atoms with E-state index in [0.717, 1.165) is 29.3 Å². The van der Waals surface area contributed by atoms with Crippen LogP contribution in [0.15, 0.2) is 54.6 Å². The number of fused-ring (bicyclic) bond motifs is 1. The number of carboxylic acid groups (broad SMARTS) is 3. The second-order valence-corrected chi connectivity index (χ2v) is 8.72. The second-order valence-electron chi connectivity index (χ2n) is 8.72. The Kier molecular flexibility index (Phi) is 8.12. The summed E-state index contributed by atoms with van der Waals surface area (Å²) in [7, 11) is 0. The van der Waals surface area contributed by atoms with Gasteiger partial charge in [-0.25, -0.2) is 23.2 Å². The van der Waals surface area contributed by atoms with E-state index in [1.165, 1.54) is 4.90 Å². The quantitative estimate of drug-likeness (QED) is 0.237. The van der Waals surface area contributed by atoms with Crippen molar-refractivity contribution in [3.8, 4) is 17.2 Å². The predicted octanol–water partition coefficient (Wildman–Crippen LogP) is 5.86. The smallest absolute Gasteiger partial charge is 0.449 e. The van der Waals surface area contributed by atoms with Gasteiger partial charge in [0.25, 0.3) is 5.91 Å². The first-order chi connectivity index (χ1) is 19.0. The third-order valence-electron chi connectivity index (χ3n) is 6.12. The van der Waals surface area contributed by atoms with Gasteiger partial charge < -0.3 is 34.4 Å². The molecule has 3 aromatic carbocycles. The van der Waals surface area contributed by atoms with Crippen LogP contribution in [-0.2, 0) is 13.0 Å². The lowest BCUT2D eigenvalue weighted by atomic mass is 9.86. The van der Waals surface area contributed by atoms with Gasteiger partial charge in [0, 0.05) is 24.7 Å². The maximum atomic E-state index is 14.1. The van der Waals surface area contributed by atoms with E-state index in [1.807, 2.05) is 12.1 Å². The molecule has 0 unspecified atom stereocenters. The Morgan fingerprint density at radius 1 is 0.800 bits per heavy atom. The van der Waals surface area contributed by atoms with Gasteiger partial charge in [0.05, 0.1) is 11.6 Å². The van der Waals surface area contributed by atoms with E-state index in [0.29, 0.717) is 31.4 Å². The first-order valence-electron chi connectivity index (χ1n) is 11.8. The zero-order valence-electron chi connectivity index (χ0n) is 20.5. The van der Waals surface area contributed by atoms with Crippen LogP contribution in [0.4, 0.5) is 23.2 Å². The summed E-state index contributed by atoms with van der Waals surface area (Å²) in [5, 5.41) is 27.4. The SMILES string of the molecule is O=C(O)Oc1cc(OC(=O)O)c(C(=O)N(Cc2cc(F)cc(F)c2)[C@H]2CCCc3ccccc32)cc1OC(=O)O. The molecular weight excluding hydrogens is 536 g/mol. The Bertz CT molecular complexity index is 1470. The molecule has 4 rings (SSSR count). The van der Waals surface area contributed by atoms with Gasteiger partial charge in [0.2, 0.25) is 0 Å². The topological polar surface area (TPSA) is 160 Å². The van der Waals surface area contributed by atoms with Gasteiger partial charge >= 0.3 is 18.5 Å². The molecule has 13 heteroatoms. The molecule has 3 aromatic rings. The molecule has 0 aromatic heterocycles. The highest BCUT2D eigenvalue weighted by Gasteiger charge is 2.33. The molecule has 0 bridgehead atoms. The van der Waals surface area contributed by atoms with Crippen molar-refractivity contribution in [1.29, 1.82) is 0 Å². The molecule has 0 saturated carbocycles. The van der Waals surface area contributed by atoms with Crippen LogP contribution in [-0.4, -0.2) is 44.6 Å². The minimum atomic E-state index is -1.89. The van der Waals surface area contributed by atoms with E-state index in [-0.39, 0.29) is 12.1 Å². The Morgan fingerprint density at radius 3 is 2.00 bits per heavy atom. The number of rotatable bonds is 7. The third-order valence-corrected chi connectivity index (χ3v) is 6.12. The van der Waals surface area contributed by atoms with Gasteiger partial charge in [-0.05, 0) is 48.1 Å². The van der Waals surface area contributed by atoms with Crippen LogP contribution in [0, 0.1) is 11.6 Å². The van der Waals surface area contributed by atoms with E-state index in [2.05, 4.69) is 9.47 Å². The fourth-order valence-electron chi connectivity index (χ4n) is 4.66. The number of nitrogens with zero attached hydrogens (tertiary/aromatic N) is 1. The molecule has 1 aliphatic carbocycles. The molecule has 0 spiro atoms. The molecule has 11 nitrogen and oxygen atoms in total. The molecule has 208 valence electrons. The van der Waals surface area contributed by atoms with Crippen LogP contribution >= 0.6 is 0 Å². The molecule has 0 aliphatic heterocycles. The minimum Gasteiger partial charge on any atom is -0.449 e. The molecule has 40 heavy (non-hydrogen) atoms. The lowest BCUT2D eigenvalue weighted by Crippen LogP contribution is -2.36. The summed E-state index contributed by atoms with van der Waals surface area (Å²) in [5.74, 6) is -4.87. The summed E-state index contributed by atoms with van der Waals surface area (Å²) in [6.07, 6.45) is -3.83. The Balaban J connectivity index is 1.88. The molecule has 1 amide bonds. The predicted molar refractivity (Wildman–Crippen MR) is 131 cm³/mol. The molecule has 0 heterocycles. The third kappa shape index (κ3) is 6.43. The van der Waals surface area contributed by atoms with Gasteiger partial charge in [-0.1, -0.05) is 24.3 Å². The number of carbonyl (C=O) groups excluding carboxylic acids is 1. The van der Waals surface area contributed by atoms with Gasteiger partial charge in [-0.2, -0.15) is 0 Å². The summed E-state index contributed by atoms with van der Waals surface area (Å²) in [4.78, 5) is 49.2. The average Bonchev–Trinajstić information content (AvgIpc) is 2.86. The minimum absolute atomic E-state index is 0.0856. The lowest BCUT2D eigenvalue weighted by molar-refractivity contribution is 0.0632. The number of amides is 1. The van der Waals surface area contributed by atoms with E-state index < -0.39 is 64.9 Å². The maximum Gasteiger partial charge on any atom is 0.511 e. The summed E-state index contributed by atoms with van der Waals surface area (Å²) < 4.78 is 41.9. The van der Waals surface area contributed by atoms with Crippen molar-refractivity contribution in [1.82, 2.24) is 4.90 Å². The number of aryl methyl sites for hydroxylation is 1. The van der Waals surface area contributed by atoms with E-state index in [4.69, 9.17) is 14.9 Å². The highest BCUT2D eigenvalue weighted by molar-refractivity contribution is 5.99. The highest BCUT2D eigenvalue weighted by Crippen LogP contribution is 2.40. The summed E-state index contributed by atoms with van der Waals surface area (Å²) in [5.41, 5.74) is 1.25. The number of carbonyl (C=O) groups is 4. The van der Waals surface area contributed by atoms with Crippen LogP contribution in [0.5, 0.6) is 17.2 Å². The number of halogens is 2. The van der Waals surface area contributed by atoms with Crippen LogP contribution in [0.25, 0.3) is 0 Å². The normalized spacial score (nSPS) is 14.0. The molecule has 3 N–H and O–H groups in total. The largest absolute Gasteiger partial charge is 0.511 e. The molecular formula is C27H21F2NO10. The van der Waals surface area contributed by atoms with E-state index >= 15 is 0 Å². The van der Waals surface area contributed by atoms with Crippen molar-refractivity contribution in [2.24, 2.45) is 0 Å². The first kappa shape index (κ1) is 27.8. The number of ether oxygens (including phenoxy) is 3. The van der Waals surface area contributed by atoms with Crippen LogP contribution < -0.4 is 14.2 Å². The summed E-state index contributed by atoms with van der Waals surface area (Å²) in [6, 6.07) is 10.8. The zero-order valence-corrected chi connectivity index (χ0v) is 20.5. The Morgan fingerprint density at radius 2 is 1.38 bits per heavy atom. The maximum absolute atomic E-state index is 14.1. The van der Waals surface area contributed by atoms with Crippen LogP contribution in [0.3, 0.4) is 0 Å². The average molecular weight is 557 g/mol. The van der Waals surface area contributed by atoms with Crippen LogP contribution in [0.1, 0.15) is 45.9 Å². The monoisotopic (exact) mass is 557 g/mol. The summed E-state index contributed by atoms with van der Waals surface area (Å²) >= 11 is 0. The van der Waals surface area contributed by atoms with E-state index in [9.17, 15) is 33.1 Å². The van der Waals surface area contributed by atoms with Crippen molar-refractivity contribution >= 4 is 24.4 Å². The van der Waals surface area contributed by atoms with Gasteiger partial charge in [0.15, 0.2) is 17.2 Å². The van der Waals surface area contributed by atoms with Crippen molar-refractivity contribution in [2.75, 3.05) is 0 Å². The molecule has 0 radical (unpaired) electrons. The standard InChI is InChI=1S/C27H21F2NO10/c28-16-8-14(9-17(29)10-16)13-30(20-7-3-5-15-4-1-2-6-18(15)20)24(31)19-11-22(39-26(34)35)23(40-27(36)37)12-21(19)38-25(32)33/h1-2,4,6,8-12,20H,3,5,7,13H2,(H,32,33)(H,34,35)(H,36,37)/t20-/m0/s1. The van der Waals surface area contributed by atoms with E-state index in [1.54, 1.807) is 12.1 Å². The Labute approximate surface area is 224 Å². The lowest BCUT2D eigenvalue weighted by Gasteiger charge is -2.36. The van der Waals surface area contributed by atoms with Crippen molar-refractivity contribution < 1.29 is 57.5 Å². The van der Waals surface area contributed by atoms with Gasteiger partial charge in [-0.15, -0.1) is 0 Å². The molecule has 0 saturated heterocycles. The highest BCUT2D eigenvalue weighted by atomic mass is 19.1. The Hall–Kier alpha value is -5.20. The number of hydrogen-bond acceptors (Lipinski definition) is 7. The van der Waals surface area contributed by atoms with Crippen LogP contribution in [0.2, 0.25) is 0 Å². The van der Waals surface area contributed by atoms with Gasteiger partial charge in [-0.3, -0.25) is 4.79 Å². The first-order valence-corrected chi connectivity index (χ1v) is 11.8. The fraction of sp³-hybridized carbons (Fsp3) is 0.185. The number of hydrogen-bond donors (Lipinski definition) is 3. The molecule has 1 atom stereocenters. The number of benzene rings is 3. The summed E-state index contributed by atoms with van der Waals surface area (Å²) in [6.45, 7) is -0.332. The van der Waals surface area contributed by atoms with Crippen molar-refractivity contribution in [3.63, 3.8) is 0 Å². The molecule has 1 aliphatic rings. The second kappa shape index (κ2) is 11.7. The van der Waals surface area contributed by atoms with Crippen molar-refractivity contribution in [3.05, 3.63) is 88.5 Å². The molecule has 0 fully saturated rings. The van der Waals surface area contributed by atoms with Gasteiger partial charge in [0.1, 0.15) is 11.6 Å². The van der Waals surface area contributed by atoms with Crippen molar-refractivity contribution in [2.45, 2.75) is 31.8 Å². The fourth-order valence-corrected chi connectivity index (χ4v) is 4.66. The zero-order chi connectivity index (χ0) is 29.0.